The number of piperazine rings is 1. The highest BCUT2D eigenvalue weighted by atomic mass is 32.1. The van der Waals surface area contributed by atoms with Crippen LogP contribution in [0.4, 0.5) is 5.82 Å². The van der Waals surface area contributed by atoms with Gasteiger partial charge in [0.25, 0.3) is 5.91 Å². The average molecular weight is 543 g/mol. The molecule has 1 fully saturated rings. The average Bonchev–Trinajstić information content (AvgIpc) is 3.38. The van der Waals surface area contributed by atoms with E-state index in [4.69, 9.17) is 19.4 Å². The molecule has 0 bridgehead atoms. The number of nitrogens with zero attached hydrogens (tertiary/aromatic N) is 4. The van der Waals surface area contributed by atoms with Crippen molar-refractivity contribution in [1.29, 1.82) is 0 Å². The highest BCUT2D eigenvalue weighted by molar-refractivity contribution is 7.19. The first kappa shape index (κ1) is 25.6. The van der Waals surface area contributed by atoms with Crippen LogP contribution in [-0.4, -0.2) is 61.2 Å². The molecule has 0 spiro atoms. The quantitative estimate of drug-likeness (QED) is 0.314. The van der Waals surface area contributed by atoms with Crippen LogP contribution in [-0.2, 0) is 25.7 Å². The number of rotatable bonds is 7. The molecule has 2 aliphatic rings. The zero-order chi connectivity index (χ0) is 26.8. The zero-order valence-electron chi connectivity index (χ0n) is 22.6. The van der Waals surface area contributed by atoms with Gasteiger partial charge in [-0.25, -0.2) is 9.97 Å². The van der Waals surface area contributed by atoms with Gasteiger partial charge in [-0.1, -0.05) is 30.3 Å². The van der Waals surface area contributed by atoms with Gasteiger partial charge in [0, 0.05) is 49.1 Å². The zero-order valence-corrected chi connectivity index (χ0v) is 23.4. The Hall–Kier alpha value is -3.65. The van der Waals surface area contributed by atoms with Gasteiger partial charge in [0.15, 0.2) is 0 Å². The Labute approximate surface area is 233 Å². The van der Waals surface area contributed by atoms with Crippen LogP contribution in [0.5, 0.6) is 11.5 Å². The number of aromatic nitrogens is 2. The second-order valence-electron chi connectivity index (χ2n) is 10.2. The lowest BCUT2D eigenvalue weighted by Crippen LogP contribution is -2.49. The number of amides is 1. The molecule has 6 rings (SSSR count). The fourth-order valence-corrected chi connectivity index (χ4v) is 6.93. The molecule has 202 valence electrons. The molecule has 0 radical (unpaired) electrons. The number of benzene rings is 2. The molecule has 2 aromatic carbocycles. The van der Waals surface area contributed by atoms with Gasteiger partial charge in [0.1, 0.15) is 28.0 Å². The first-order chi connectivity index (χ1) is 19.1. The Bertz CT molecular complexity index is 1460. The Morgan fingerprint density at radius 1 is 0.897 bits per heavy atom. The van der Waals surface area contributed by atoms with Gasteiger partial charge in [-0.05, 0) is 55.4 Å². The largest absolute Gasteiger partial charge is 0.497 e. The first-order valence-electron chi connectivity index (χ1n) is 13.8. The maximum absolute atomic E-state index is 13.4. The summed E-state index contributed by atoms with van der Waals surface area (Å²) < 4.78 is 10.8. The summed E-state index contributed by atoms with van der Waals surface area (Å²) in [6.45, 7) is 2.74. The highest BCUT2D eigenvalue weighted by Crippen LogP contribution is 2.40. The van der Waals surface area contributed by atoms with Crippen LogP contribution in [0.15, 0.2) is 48.5 Å². The fraction of sp³-hybridized carbons (Fsp3) is 0.387. The number of thiophene rings is 1. The van der Waals surface area contributed by atoms with Crippen molar-refractivity contribution >= 4 is 33.3 Å². The predicted octanol–water partition coefficient (Wildman–Crippen LogP) is 5.33. The molecule has 1 amide bonds. The van der Waals surface area contributed by atoms with Crippen molar-refractivity contribution < 1.29 is 14.3 Å². The number of anilines is 1. The second-order valence-corrected chi connectivity index (χ2v) is 11.3. The van der Waals surface area contributed by atoms with Crippen LogP contribution in [0, 0.1) is 0 Å². The number of carbonyl (C=O) groups is 1. The molecule has 1 saturated heterocycles. The van der Waals surface area contributed by atoms with Crippen LogP contribution in [0.3, 0.4) is 0 Å². The van der Waals surface area contributed by atoms with Crippen molar-refractivity contribution in [1.82, 2.24) is 14.9 Å². The molecule has 0 N–H and O–H groups in total. The third kappa shape index (κ3) is 5.30. The molecule has 0 unspecified atom stereocenters. The number of ether oxygens (including phenoxy) is 2. The van der Waals surface area contributed by atoms with Crippen molar-refractivity contribution in [2.24, 2.45) is 0 Å². The van der Waals surface area contributed by atoms with Gasteiger partial charge >= 0.3 is 0 Å². The molecule has 3 heterocycles. The Balaban J connectivity index is 1.25. The molecular formula is C31H34N4O3S. The van der Waals surface area contributed by atoms with Crippen LogP contribution >= 0.6 is 11.3 Å². The summed E-state index contributed by atoms with van der Waals surface area (Å²) in [5, 5.41) is 1.25. The van der Waals surface area contributed by atoms with E-state index in [1.807, 2.05) is 16.2 Å². The summed E-state index contributed by atoms with van der Waals surface area (Å²) in [5.74, 6) is 3.19. The summed E-state index contributed by atoms with van der Waals surface area (Å²) in [7, 11) is 3.20. The van der Waals surface area contributed by atoms with E-state index in [-0.39, 0.29) is 5.91 Å². The SMILES string of the molecule is COc1cc(OC)cc(C(=O)N2CCN(c3nc(CCc4ccccc4)nc4sc5c(c34)CCCC5)CC2)c1. The van der Waals surface area contributed by atoms with E-state index in [1.54, 1.807) is 32.4 Å². The summed E-state index contributed by atoms with van der Waals surface area (Å²) in [4.78, 5) is 30.5. The van der Waals surface area contributed by atoms with Crippen LogP contribution in [0.1, 0.15) is 45.0 Å². The number of carbonyl (C=O) groups excluding carboxylic acids is 1. The van der Waals surface area contributed by atoms with E-state index < -0.39 is 0 Å². The molecule has 1 aliphatic carbocycles. The first-order valence-corrected chi connectivity index (χ1v) is 14.6. The van der Waals surface area contributed by atoms with Crippen LogP contribution in [0.25, 0.3) is 10.2 Å². The van der Waals surface area contributed by atoms with Gasteiger partial charge in [-0.2, -0.15) is 0 Å². The molecule has 8 heteroatoms. The molecule has 7 nitrogen and oxygen atoms in total. The third-order valence-corrected chi connectivity index (χ3v) is 8.97. The molecule has 39 heavy (non-hydrogen) atoms. The third-order valence-electron chi connectivity index (χ3n) is 7.79. The Morgan fingerprint density at radius 3 is 2.33 bits per heavy atom. The van der Waals surface area contributed by atoms with Gasteiger partial charge in [0.05, 0.1) is 19.6 Å². The van der Waals surface area contributed by atoms with Crippen molar-refractivity contribution in [3.63, 3.8) is 0 Å². The van der Waals surface area contributed by atoms with E-state index in [2.05, 4.69) is 35.2 Å². The topological polar surface area (TPSA) is 67.8 Å². The molecular weight excluding hydrogens is 508 g/mol. The summed E-state index contributed by atoms with van der Waals surface area (Å²) in [6.07, 6.45) is 6.45. The number of fused-ring (bicyclic) bond motifs is 3. The predicted molar refractivity (Wildman–Crippen MR) is 156 cm³/mol. The minimum Gasteiger partial charge on any atom is -0.497 e. The number of hydrogen-bond donors (Lipinski definition) is 0. The smallest absolute Gasteiger partial charge is 0.254 e. The maximum Gasteiger partial charge on any atom is 0.254 e. The van der Waals surface area contributed by atoms with Crippen LogP contribution in [0.2, 0.25) is 0 Å². The number of methoxy groups -OCH3 is 2. The van der Waals surface area contributed by atoms with E-state index in [0.29, 0.717) is 30.2 Å². The van der Waals surface area contributed by atoms with E-state index in [9.17, 15) is 4.79 Å². The summed E-state index contributed by atoms with van der Waals surface area (Å²) in [5.41, 5.74) is 3.33. The van der Waals surface area contributed by atoms with E-state index in [0.717, 1.165) is 55.2 Å². The Kier molecular flexibility index (Phi) is 7.37. The standard InChI is InChI=1S/C31H34N4O3S/c1-37-23-18-22(19-24(20-23)38-2)31(36)35-16-14-34(15-17-35)29-28-25-10-6-7-11-26(25)39-30(28)33-27(32-29)13-12-21-8-4-3-5-9-21/h3-5,8-9,18-20H,6-7,10-17H2,1-2H3. The van der Waals surface area contributed by atoms with E-state index in [1.165, 1.54) is 34.2 Å². The van der Waals surface area contributed by atoms with Crippen molar-refractivity contribution in [3.05, 3.63) is 75.9 Å². The fourth-order valence-electron chi connectivity index (χ4n) is 5.66. The number of aryl methyl sites for hydroxylation is 4. The second kappa shape index (κ2) is 11.2. The minimum atomic E-state index is -0.00357. The van der Waals surface area contributed by atoms with Gasteiger partial charge in [0.2, 0.25) is 0 Å². The van der Waals surface area contributed by atoms with Gasteiger partial charge < -0.3 is 19.3 Å². The lowest BCUT2D eigenvalue weighted by atomic mass is 9.96. The Morgan fingerprint density at radius 2 is 1.62 bits per heavy atom. The lowest BCUT2D eigenvalue weighted by molar-refractivity contribution is 0.0746. The molecule has 0 saturated carbocycles. The van der Waals surface area contributed by atoms with E-state index >= 15 is 0 Å². The molecule has 4 aromatic rings. The highest BCUT2D eigenvalue weighted by Gasteiger charge is 2.28. The van der Waals surface area contributed by atoms with Crippen molar-refractivity contribution in [3.8, 4) is 11.5 Å². The lowest BCUT2D eigenvalue weighted by Gasteiger charge is -2.36. The monoisotopic (exact) mass is 542 g/mol. The maximum atomic E-state index is 13.4. The van der Waals surface area contributed by atoms with Crippen molar-refractivity contribution in [2.45, 2.75) is 38.5 Å². The minimum absolute atomic E-state index is 0.00357. The van der Waals surface area contributed by atoms with Gasteiger partial charge in [-0.3, -0.25) is 4.79 Å². The molecule has 2 aromatic heterocycles. The molecule has 1 aliphatic heterocycles. The number of hydrogen-bond acceptors (Lipinski definition) is 7. The summed E-state index contributed by atoms with van der Waals surface area (Å²) in [6, 6.07) is 15.9. The van der Waals surface area contributed by atoms with Gasteiger partial charge in [-0.15, -0.1) is 11.3 Å². The molecule has 0 atom stereocenters. The van der Waals surface area contributed by atoms with Crippen LogP contribution < -0.4 is 14.4 Å². The normalized spacial score (nSPS) is 15.3. The van der Waals surface area contributed by atoms with Crippen molar-refractivity contribution in [2.75, 3.05) is 45.3 Å². The summed E-state index contributed by atoms with van der Waals surface area (Å²) >= 11 is 1.86.